The van der Waals surface area contributed by atoms with Crippen molar-refractivity contribution < 1.29 is 14.6 Å². The summed E-state index contributed by atoms with van der Waals surface area (Å²) in [5, 5.41) is 14.5. The lowest BCUT2D eigenvalue weighted by Crippen LogP contribution is -2.31. The summed E-state index contributed by atoms with van der Waals surface area (Å²) in [5.74, 6) is 0.631. The van der Waals surface area contributed by atoms with E-state index in [9.17, 15) is 9.90 Å². The van der Waals surface area contributed by atoms with Crippen molar-refractivity contribution in [2.45, 2.75) is 44.9 Å². The average Bonchev–Trinajstić information content (AvgIpc) is 3.21. The number of hydrogen-bond donors (Lipinski definition) is 1. The first-order valence-electron chi connectivity index (χ1n) is 8.47. The third kappa shape index (κ3) is 3.54. The number of likely N-dealkylation sites (tertiary alicyclic amines) is 1. The number of carbonyl (C=O) groups is 1. The Labute approximate surface area is 148 Å². The monoisotopic (exact) mass is 343 g/mol. The first-order valence-corrected chi connectivity index (χ1v) is 8.47. The normalized spacial score (nSPS) is 20.8. The smallest absolute Gasteiger partial charge is 0.257 e. The Kier molecular flexibility index (Phi) is 4.56. The van der Waals surface area contributed by atoms with Gasteiger partial charge in [-0.1, -0.05) is 12.1 Å². The largest absolute Gasteiger partial charge is 0.497 e. The van der Waals surface area contributed by atoms with Gasteiger partial charge < -0.3 is 14.7 Å². The Morgan fingerprint density at radius 1 is 1.36 bits per heavy atom. The van der Waals surface area contributed by atoms with E-state index in [0.29, 0.717) is 18.5 Å². The molecule has 1 saturated heterocycles. The van der Waals surface area contributed by atoms with Gasteiger partial charge in [0.25, 0.3) is 5.91 Å². The van der Waals surface area contributed by atoms with Crippen molar-refractivity contribution in [2.24, 2.45) is 0 Å². The van der Waals surface area contributed by atoms with Gasteiger partial charge in [-0.15, -0.1) is 0 Å². The van der Waals surface area contributed by atoms with E-state index in [1.54, 1.807) is 29.1 Å². The van der Waals surface area contributed by atoms with Crippen molar-refractivity contribution in [2.75, 3.05) is 13.7 Å². The molecule has 1 aromatic carbocycles. The van der Waals surface area contributed by atoms with E-state index in [0.717, 1.165) is 11.3 Å². The van der Waals surface area contributed by atoms with Crippen LogP contribution in [0.4, 0.5) is 0 Å². The zero-order valence-corrected chi connectivity index (χ0v) is 15.1. The molecule has 3 rings (SSSR count). The van der Waals surface area contributed by atoms with Crippen molar-refractivity contribution in [1.82, 2.24) is 14.7 Å². The minimum Gasteiger partial charge on any atom is -0.497 e. The molecule has 1 fully saturated rings. The second kappa shape index (κ2) is 6.52. The van der Waals surface area contributed by atoms with Crippen LogP contribution in [0.1, 0.15) is 49.2 Å². The van der Waals surface area contributed by atoms with Crippen molar-refractivity contribution >= 4 is 5.91 Å². The zero-order chi connectivity index (χ0) is 18.2. The Balaban J connectivity index is 1.88. The summed E-state index contributed by atoms with van der Waals surface area (Å²) < 4.78 is 7.07. The number of aliphatic hydroxyl groups is 1. The molecular formula is C19H25N3O3. The van der Waals surface area contributed by atoms with Crippen LogP contribution in [0.15, 0.2) is 36.7 Å². The molecule has 6 heteroatoms. The van der Waals surface area contributed by atoms with Gasteiger partial charge in [-0.05, 0) is 44.9 Å². The molecule has 0 bridgehead atoms. The van der Waals surface area contributed by atoms with Gasteiger partial charge in [-0.25, -0.2) is 0 Å². The molecule has 1 aromatic heterocycles. The summed E-state index contributed by atoms with van der Waals surface area (Å²) >= 11 is 0. The molecule has 0 saturated carbocycles. The van der Waals surface area contributed by atoms with Crippen LogP contribution >= 0.6 is 0 Å². The molecular weight excluding hydrogens is 318 g/mol. The molecule has 0 spiro atoms. The number of ether oxygens (including phenoxy) is 1. The minimum absolute atomic E-state index is 0.111. The Bertz CT molecular complexity index is 763. The number of hydrogen-bond acceptors (Lipinski definition) is 4. The quantitative estimate of drug-likeness (QED) is 0.930. The van der Waals surface area contributed by atoms with Crippen LogP contribution in [0.3, 0.4) is 0 Å². The first kappa shape index (κ1) is 17.5. The molecule has 1 amide bonds. The maximum atomic E-state index is 13.0. The topological polar surface area (TPSA) is 67.6 Å². The molecule has 1 aliphatic rings. The Morgan fingerprint density at radius 2 is 2.12 bits per heavy atom. The summed E-state index contributed by atoms with van der Waals surface area (Å²) in [5.41, 5.74) is 1.32. The maximum absolute atomic E-state index is 13.0. The van der Waals surface area contributed by atoms with Crippen LogP contribution in [0, 0.1) is 0 Å². The highest BCUT2D eigenvalue weighted by Gasteiger charge is 2.36. The van der Waals surface area contributed by atoms with E-state index in [2.05, 4.69) is 5.10 Å². The van der Waals surface area contributed by atoms with E-state index in [1.165, 1.54) is 0 Å². The minimum atomic E-state index is -0.530. The Morgan fingerprint density at radius 3 is 2.76 bits per heavy atom. The van der Waals surface area contributed by atoms with Gasteiger partial charge in [0, 0.05) is 12.7 Å². The van der Waals surface area contributed by atoms with E-state index in [1.807, 2.05) is 45.0 Å². The molecule has 0 aliphatic carbocycles. The summed E-state index contributed by atoms with van der Waals surface area (Å²) in [6.45, 7) is 6.42. The predicted molar refractivity (Wildman–Crippen MR) is 94.6 cm³/mol. The van der Waals surface area contributed by atoms with E-state index in [4.69, 9.17) is 4.74 Å². The van der Waals surface area contributed by atoms with Crippen LogP contribution < -0.4 is 4.74 Å². The highest BCUT2D eigenvalue weighted by Crippen LogP contribution is 2.34. The van der Waals surface area contributed by atoms with E-state index < -0.39 is 6.10 Å². The SMILES string of the molecule is COc1cccc([C@H]2C[C@@H](O)CN2C(=O)c2cnn(C(C)(C)C)c2)c1. The predicted octanol–water partition coefficient (Wildman–Crippen LogP) is 2.59. The molecule has 1 aliphatic heterocycles. The fourth-order valence-corrected chi connectivity index (χ4v) is 3.17. The van der Waals surface area contributed by atoms with Crippen molar-refractivity contribution in [3.05, 3.63) is 47.8 Å². The zero-order valence-electron chi connectivity index (χ0n) is 15.1. The summed E-state index contributed by atoms with van der Waals surface area (Å²) in [4.78, 5) is 14.7. The van der Waals surface area contributed by atoms with Crippen LogP contribution in [-0.2, 0) is 5.54 Å². The lowest BCUT2D eigenvalue weighted by Gasteiger charge is -2.24. The maximum Gasteiger partial charge on any atom is 0.257 e. The molecule has 134 valence electrons. The summed E-state index contributed by atoms with van der Waals surface area (Å²) in [6.07, 6.45) is 3.36. The van der Waals surface area contributed by atoms with Crippen LogP contribution in [-0.4, -0.2) is 45.5 Å². The number of methoxy groups -OCH3 is 1. The number of β-amino-alcohol motifs (C(OH)–C–C–N with tert-alkyl or cyclic N) is 1. The molecule has 6 nitrogen and oxygen atoms in total. The number of amides is 1. The highest BCUT2D eigenvalue weighted by atomic mass is 16.5. The third-order valence-electron chi connectivity index (χ3n) is 4.54. The second-order valence-electron chi connectivity index (χ2n) is 7.48. The molecule has 2 heterocycles. The average molecular weight is 343 g/mol. The van der Waals surface area contributed by atoms with Crippen molar-refractivity contribution in [1.29, 1.82) is 0 Å². The van der Waals surface area contributed by atoms with Crippen LogP contribution in [0.25, 0.3) is 0 Å². The first-order chi connectivity index (χ1) is 11.8. The lowest BCUT2D eigenvalue weighted by molar-refractivity contribution is 0.0715. The van der Waals surface area contributed by atoms with Gasteiger partial charge in [0.05, 0.1) is 36.6 Å². The number of carbonyl (C=O) groups excluding carboxylic acids is 1. The summed E-state index contributed by atoms with van der Waals surface area (Å²) in [7, 11) is 1.62. The molecule has 25 heavy (non-hydrogen) atoms. The van der Waals surface area contributed by atoms with E-state index in [-0.39, 0.29) is 17.5 Å². The highest BCUT2D eigenvalue weighted by molar-refractivity contribution is 5.94. The van der Waals surface area contributed by atoms with Crippen molar-refractivity contribution in [3.63, 3.8) is 0 Å². The number of aliphatic hydroxyl groups excluding tert-OH is 1. The van der Waals surface area contributed by atoms with Gasteiger partial charge in [-0.2, -0.15) is 5.10 Å². The molecule has 0 radical (unpaired) electrons. The number of nitrogens with zero attached hydrogens (tertiary/aromatic N) is 3. The fourth-order valence-electron chi connectivity index (χ4n) is 3.17. The van der Waals surface area contributed by atoms with Gasteiger partial charge in [0.1, 0.15) is 5.75 Å². The Hall–Kier alpha value is -2.34. The van der Waals surface area contributed by atoms with Crippen molar-refractivity contribution in [3.8, 4) is 5.75 Å². The molecule has 2 aromatic rings. The molecule has 2 atom stereocenters. The van der Waals surface area contributed by atoms with Gasteiger partial charge in [0.15, 0.2) is 0 Å². The van der Waals surface area contributed by atoms with Crippen LogP contribution in [0.5, 0.6) is 5.75 Å². The van der Waals surface area contributed by atoms with Gasteiger partial charge in [-0.3, -0.25) is 9.48 Å². The number of benzene rings is 1. The number of aromatic nitrogens is 2. The molecule has 0 unspecified atom stereocenters. The fraction of sp³-hybridized carbons (Fsp3) is 0.474. The number of rotatable bonds is 3. The lowest BCUT2D eigenvalue weighted by atomic mass is 10.0. The standard InChI is InChI=1S/C19H25N3O3/c1-19(2,3)22-11-14(10-20-22)18(24)21-12-15(23)9-17(21)13-6-5-7-16(8-13)25-4/h5-8,10-11,15,17,23H,9,12H2,1-4H3/t15-,17-/m1/s1. The van der Waals surface area contributed by atoms with Gasteiger partial charge >= 0.3 is 0 Å². The van der Waals surface area contributed by atoms with E-state index >= 15 is 0 Å². The third-order valence-corrected chi connectivity index (χ3v) is 4.54. The second-order valence-corrected chi connectivity index (χ2v) is 7.48. The van der Waals surface area contributed by atoms with Crippen LogP contribution in [0.2, 0.25) is 0 Å². The molecule has 1 N–H and O–H groups in total. The summed E-state index contributed by atoms with van der Waals surface area (Å²) in [6, 6.07) is 7.48. The van der Waals surface area contributed by atoms with Gasteiger partial charge in [0.2, 0.25) is 0 Å².